The second-order valence-corrected chi connectivity index (χ2v) is 9.91. The Balaban J connectivity index is 1.65. The van der Waals surface area contributed by atoms with Gasteiger partial charge in [0.05, 0.1) is 6.54 Å². The summed E-state index contributed by atoms with van der Waals surface area (Å²) in [6.45, 7) is 2.88. The summed E-state index contributed by atoms with van der Waals surface area (Å²) in [5.41, 5.74) is 0.176. The molecule has 3 rings (SSSR count). The topological polar surface area (TPSA) is 29.4 Å². The van der Waals surface area contributed by atoms with E-state index in [-0.39, 0.29) is 5.41 Å². The van der Waals surface area contributed by atoms with Crippen LogP contribution in [0.4, 0.5) is 0 Å². The summed E-state index contributed by atoms with van der Waals surface area (Å²) >= 11 is 0. The number of nitrogens with zero attached hydrogens (tertiary/aromatic N) is 1. The molecule has 4 atom stereocenters. The predicted octanol–water partition coefficient (Wildman–Crippen LogP) is 7.12. The third kappa shape index (κ3) is 5.85. The molecule has 0 heterocycles. The molecule has 3 fully saturated rings. The zero-order valence-electron chi connectivity index (χ0n) is 16.0. The summed E-state index contributed by atoms with van der Waals surface area (Å²) in [4.78, 5) is 11.0. The van der Waals surface area contributed by atoms with Crippen LogP contribution in [-0.2, 0) is 0 Å². The van der Waals surface area contributed by atoms with Gasteiger partial charge in [0.25, 0.3) is 0 Å². The van der Waals surface area contributed by atoms with Crippen LogP contribution in [0.2, 0.25) is 0 Å². The number of nitroso groups, excluding NO2 is 1. The fourth-order valence-electron chi connectivity index (χ4n) is 5.71. The van der Waals surface area contributed by atoms with Gasteiger partial charge in [-0.25, -0.2) is 0 Å². The highest BCUT2D eigenvalue weighted by molar-refractivity contribution is 4.84. The summed E-state index contributed by atoms with van der Waals surface area (Å²) in [6.07, 6.45) is 21.3. The van der Waals surface area contributed by atoms with Gasteiger partial charge in [0.2, 0.25) is 0 Å². The molecular weight excluding hydrogens is 294 g/mol. The minimum absolute atomic E-state index is 0.176. The summed E-state index contributed by atoms with van der Waals surface area (Å²) in [6, 6.07) is 0. The first-order valence-electron chi connectivity index (χ1n) is 11.0. The van der Waals surface area contributed by atoms with Gasteiger partial charge in [-0.05, 0) is 48.3 Å². The average Bonchev–Trinajstić information content (AvgIpc) is 3.35. The molecule has 0 amide bonds. The van der Waals surface area contributed by atoms with Gasteiger partial charge in [-0.15, -0.1) is 0 Å². The Hall–Kier alpha value is -0.400. The SMILES string of the molecule is CC1(CN=O)CCCCC2CCC[C@@H](CCC(CCC3CC3)C2)C1. The quantitative estimate of drug-likeness (QED) is 0.493. The minimum Gasteiger partial charge on any atom is -0.151 e. The maximum Gasteiger partial charge on any atom is 0.0864 e. The van der Waals surface area contributed by atoms with E-state index in [4.69, 9.17) is 0 Å². The molecule has 0 radical (unpaired) electrons. The molecule has 0 aliphatic heterocycles. The van der Waals surface area contributed by atoms with Gasteiger partial charge in [0, 0.05) is 0 Å². The molecule has 2 heteroatoms. The lowest BCUT2D eigenvalue weighted by Gasteiger charge is -2.32. The molecule has 24 heavy (non-hydrogen) atoms. The molecule has 0 aromatic rings. The van der Waals surface area contributed by atoms with Gasteiger partial charge >= 0.3 is 0 Å². The van der Waals surface area contributed by atoms with Gasteiger partial charge in [-0.2, -0.15) is 4.91 Å². The predicted molar refractivity (Wildman–Crippen MR) is 102 cm³/mol. The van der Waals surface area contributed by atoms with Gasteiger partial charge in [-0.1, -0.05) is 89.2 Å². The molecule has 138 valence electrons. The van der Waals surface area contributed by atoms with Crippen molar-refractivity contribution in [3.8, 4) is 0 Å². The van der Waals surface area contributed by atoms with Crippen molar-refractivity contribution in [2.45, 2.75) is 103 Å². The molecule has 0 spiro atoms. The summed E-state index contributed by atoms with van der Waals surface area (Å²) in [5, 5.41) is 3.33. The fourth-order valence-corrected chi connectivity index (χ4v) is 5.71. The zero-order chi connectivity index (χ0) is 16.8. The molecule has 3 unspecified atom stereocenters. The Morgan fingerprint density at radius 1 is 0.833 bits per heavy atom. The number of fused-ring (bicyclic) bond motifs is 4. The maximum absolute atomic E-state index is 11.0. The molecule has 0 N–H and O–H groups in total. The molecule has 0 aromatic heterocycles. The van der Waals surface area contributed by atoms with E-state index in [9.17, 15) is 4.91 Å². The minimum atomic E-state index is 0.176. The van der Waals surface area contributed by atoms with Crippen molar-refractivity contribution in [3.63, 3.8) is 0 Å². The van der Waals surface area contributed by atoms with Crippen LogP contribution in [0.3, 0.4) is 0 Å². The Labute approximate surface area is 149 Å². The molecule has 0 saturated heterocycles. The second-order valence-electron chi connectivity index (χ2n) is 9.91. The van der Waals surface area contributed by atoms with Crippen molar-refractivity contribution in [1.82, 2.24) is 0 Å². The molecular formula is C22H39NO. The molecule has 3 aliphatic rings. The van der Waals surface area contributed by atoms with Crippen LogP contribution in [-0.4, -0.2) is 6.54 Å². The van der Waals surface area contributed by atoms with Crippen LogP contribution >= 0.6 is 0 Å². The van der Waals surface area contributed by atoms with Crippen LogP contribution in [0.1, 0.15) is 103 Å². The van der Waals surface area contributed by atoms with Crippen LogP contribution in [0, 0.1) is 34.0 Å². The maximum atomic E-state index is 11.0. The Bertz CT molecular complexity index is 391. The largest absolute Gasteiger partial charge is 0.151 e. The highest BCUT2D eigenvalue weighted by atomic mass is 16.3. The van der Waals surface area contributed by atoms with Crippen LogP contribution < -0.4 is 0 Å². The van der Waals surface area contributed by atoms with Crippen LogP contribution in [0.25, 0.3) is 0 Å². The first-order chi connectivity index (χ1) is 11.7. The van der Waals surface area contributed by atoms with Gasteiger partial charge in [0.15, 0.2) is 0 Å². The van der Waals surface area contributed by atoms with E-state index >= 15 is 0 Å². The van der Waals surface area contributed by atoms with Crippen LogP contribution in [0.5, 0.6) is 0 Å². The summed E-state index contributed by atoms with van der Waals surface area (Å²) in [7, 11) is 0. The van der Waals surface area contributed by atoms with Crippen molar-refractivity contribution in [2.24, 2.45) is 34.3 Å². The Morgan fingerprint density at radius 3 is 2.33 bits per heavy atom. The number of hydrogen-bond donors (Lipinski definition) is 0. The summed E-state index contributed by atoms with van der Waals surface area (Å²) < 4.78 is 0. The van der Waals surface area contributed by atoms with E-state index in [1.807, 2.05) is 0 Å². The van der Waals surface area contributed by atoms with Crippen molar-refractivity contribution in [1.29, 1.82) is 0 Å². The van der Waals surface area contributed by atoms with Crippen molar-refractivity contribution in [2.75, 3.05) is 6.54 Å². The first-order valence-corrected chi connectivity index (χ1v) is 11.0. The van der Waals surface area contributed by atoms with E-state index < -0.39 is 0 Å². The lowest BCUT2D eigenvalue weighted by molar-refractivity contribution is 0.196. The van der Waals surface area contributed by atoms with Gasteiger partial charge < -0.3 is 0 Å². The number of hydrogen-bond acceptors (Lipinski definition) is 2. The van der Waals surface area contributed by atoms with Crippen molar-refractivity contribution in [3.05, 3.63) is 4.91 Å². The smallest absolute Gasteiger partial charge is 0.0864 e. The Kier molecular flexibility index (Phi) is 6.75. The first kappa shape index (κ1) is 18.4. The van der Waals surface area contributed by atoms with Crippen molar-refractivity contribution < 1.29 is 0 Å². The monoisotopic (exact) mass is 333 g/mol. The molecule has 3 saturated carbocycles. The molecule has 2 nitrogen and oxygen atoms in total. The third-order valence-corrected chi connectivity index (χ3v) is 7.43. The molecule has 0 aromatic carbocycles. The van der Waals surface area contributed by atoms with Crippen LogP contribution in [0.15, 0.2) is 5.18 Å². The fraction of sp³-hybridized carbons (Fsp3) is 1.00. The highest BCUT2D eigenvalue weighted by Crippen LogP contribution is 2.43. The van der Waals surface area contributed by atoms with E-state index in [0.29, 0.717) is 6.54 Å². The second kappa shape index (κ2) is 8.81. The average molecular weight is 334 g/mol. The normalized spacial score (nSPS) is 38.8. The van der Waals surface area contributed by atoms with Crippen molar-refractivity contribution >= 4 is 0 Å². The number of rotatable bonds is 5. The van der Waals surface area contributed by atoms with E-state index in [2.05, 4.69) is 12.1 Å². The third-order valence-electron chi connectivity index (χ3n) is 7.43. The Morgan fingerprint density at radius 2 is 1.54 bits per heavy atom. The highest BCUT2D eigenvalue weighted by Gasteiger charge is 2.31. The lowest BCUT2D eigenvalue weighted by Crippen LogP contribution is -2.25. The molecule has 2 bridgehead atoms. The lowest BCUT2D eigenvalue weighted by atomic mass is 9.73. The van der Waals surface area contributed by atoms with Gasteiger partial charge in [-0.3, -0.25) is 0 Å². The summed E-state index contributed by atoms with van der Waals surface area (Å²) in [5.74, 6) is 3.91. The molecule has 3 aliphatic carbocycles. The zero-order valence-corrected chi connectivity index (χ0v) is 16.0. The van der Waals surface area contributed by atoms with E-state index in [1.165, 1.54) is 96.3 Å². The van der Waals surface area contributed by atoms with E-state index in [0.717, 1.165) is 23.7 Å². The van der Waals surface area contributed by atoms with E-state index in [1.54, 1.807) is 0 Å². The standard InChI is InChI=1S/C22H39NO/c1-22(17-23-24)14-3-2-5-19-6-4-7-21(16-22)13-12-20(15-19)11-10-18-8-9-18/h18-21H,2-17H2,1H3/t19?,20?,21-,22?/m0/s1. The van der Waals surface area contributed by atoms with Gasteiger partial charge in [0.1, 0.15) is 0 Å².